The fourth-order valence-corrected chi connectivity index (χ4v) is 4.96. The molecule has 0 fully saturated rings. The molecule has 12 nitrogen and oxygen atoms in total. The van der Waals surface area contributed by atoms with E-state index in [0.29, 0.717) is 10.8 Å². The number of aromatic hydroxyl groups is 1. The summed E-state index contributed by atoms with van der Waals surface area (Å²) >= 11 is 0. The summed E-state index contributed by atoms with van der Waals surface area (Å²) in [7, 11) is 2.69. The first kappa shape index (κ1) is 24.7. The van der Waals surface area contributed by atoms with Crippen molar-refractivity contribution in [3.05, 3.63) is 87.1 Å². The number of hydrogen-bond acceptors (Lipinski definition) is 12. The van der Waals surface area contributed by atoms with Gasteiger partial charge in [-0.15, -0.1) is 0 Å². The van der Waals surface area contributed by atoms with Crippen molar-refractivity contribution in [2.45, 2.75) is 18.2 Å². The molecule has 0 saturated heterocycles. The number of ether oxygens (including phenoxy) is 6. The summed E-state index contributed by atoms with van der Waals surface area (Å²) in [5, 5.41) is 23.8. The largest absolute Gasteiger partial charge is 0.502 e. The van der Waals surface area contributed by atoms with Crippen LogP contribution in [0.25, 0.3) is 21.9 Å². The lowest BCUT2D eigenvalue weighted by molar-refractivity contribution is -0.293. The molecule has 7 rings (SSSR count). The Hall–Kier alpha value is -5.36. The Labute approximate surface area is 229 Å². The highest BCUT2D eigenvalue weighted by molar-refractivity contribution is 5.86. The topological polar surface area (TPSA) is 156 Å². The van der Waals surface area contributed by atoms with E-state index in [9.17, 15) is 19.8 Å². The third-order valence-electron chi connectivity index (χ3n) is 6.90. The zero-order valence-corrected chi connectivity index (χ0v) is 21.4. The molecular weight excluding hydrogens is 540 g/mol. The van der Waals surface area contributed by atoms with E-state index in [-0.39, 0.29) is 57.0 Å². The Morgan fingerprint density at radius 2 is 1.27 bits per heavy atom. The van der Waals surface area contributed by atoms with Gasteiger partial charge >= 0.3 is 23.3 Å². The molecule has 0 spiro atoms. The molecule has 0 aliphatic carbocycles. The van der Waals surface area contributed by atoms with Crippen molar-refractivity contribution in [1.29, 1.82) is 0 Å². The number of aliphatic hydroxyl groups is 1. The van der Waals surface area contributed by atoms with E-state index >= 15 is 0 Å². The van der Waals surface area contributed by atoms with Crippen LogP contribution in [0.5, 0.6) is 40.2 Å². The standard InChI is InChI=1S/C29H20O12/c1-34-18-11-15(12-19(35-2)22(18)32)27-29(33,41-17-8-4-14-6-10-21(31)38-24(14)26(17)39-27)28-36-16-7-3-13-5-9-20(30)37-23(13)25(16)40-28/h3-12,27-28,32-33H,1-2H3. The van der Waals surface area contributed by atoms with Gasteiger partial charge in [0.05, 0.1) is 14.2 Å². The third kappa shape index (κ3) is 3.72. The highest BCUT2D eigenvalue weighted by Crippen LogP contribution is 2.53. The molecule has 4 heterocycles. The van der Waals surface area contributed by atoms with Crippen molar-refractivity contribution in [2.75, 3.05) is 14.2 Å². The number of methoxy groups -OCH3 is 2. The van der Waals surface area contributed by atoms with Crippen molar-refractivity contribution in [3.8, 4) is 40.2 Å². The van der Waals surface area contributed by atoms with Crippen LogP contribution in [0.4, 0.5) is 0 Å². The van der Waals surface area contributed by atoms with Crippen LogP contribution in [0, 0.1) is 0 Å². The van der Waals surface area contributed by atoms with Crippen molar-refractivity contribution in [3.63, 3.8) is 0 Å². The van der Waals surface area contributed by atoms with Gasteiger partial charge in [-0.2, -0.15) is 0 Å². The lowest BCUT2D eigenvalue weighted by Crippen LogP contribution is -2.59. The van der Waals surface area contributed by atoms with Gasteiger partial charge in [0, 0.05) is 28.5 Å². The van der Waals surface area contributed by atoms with E-state index < -0.39 is 29.4 Å². The van der Waals surface area contributed by atoms with Gasteiger partial charge < -0.3 is 47.5 Å². The Morgan fingerprint density at radius 1 is 0.732 bits per heavy atom. The quantitative estimate of drug-likeness (QED) is 0.308. The predicted molar refractivity (Wildman–Crippen MR) is 140 cm³/mol. The lowest BCUT2D eigenvalue weighted by Gasteiger charge is -2.42. The minimum absolute atomic E-state index is 0.0184. The molecule has 5 aromatic rings. The number of hydrogen-bond donors (Lipinski definition) is 2. The molecule has 2 aromatic heterocycles. The Kier molecular flexibility index (Phi) is 5.31. The molecule has 3 atom stereocenters. The second-order valence-corrected chi connectivity index (χ2v) is 9.32. The summed E-state index contributed by atoms with van der Waals surface area (Å²) < 4.78 is 45.9. The summed E-state index contributed by atoms with van der Waals surface area (Å²) in [6, 6.07) is 14.9. The molecule has 3 unspecified atom stereocenters. The second-order valence-electron chi connectivity index (χ2n) is 9.32. The number of phenolic OH excluding ortho intramolecular Hbond substituents is 1. The molecular formula is C29H20O12. The summed E-state index contributed by atoms with van der Waals surface area (Å²) in [4.78, 5) is 24.0. The average Bonchev–Trinajstić information content (AvgIpc) is 3.43. The highest BCUT2D eigenvalue weighted by atomic mass is 16.8. The first-order valence-electron chi connectivity index (χ1n) is 12.3. The molecule has 3 aromatic carbocycles. The molecule has 0 radical (unpaired) electrons. The number of fused-ring (bicyclic) bond motifs is 6. The maximum absolute atomic E-state index is 12.2. The first-order chi connectivity index (χ1) is 19.8. The fraction of sp³-hybridized carbons (Fsp3) is 0.172. The molecule has 0 amide bonds. The Balaban J connectivity index is 1.41. The molecule has 208 valence electrons. The fourth-order valence-electron chi connectivity index (χ4n) is 4.96. The van der Waals surface area contributed by atoms with Crippen LogP contribution in [0.1, 0.15) is 11.7 Å². The number of phenols is 1. The van der Waals surface area contributed by atoms with Gasteiger partial charge in [0.25, 0.3) is 0 Å². The van der Waals surface area contributed by atoms with Gasteiger partial charge in [0.15, 0.2) is 40.3 Å². The van der Waals surface area contributed by atoms with E-state index in [2.05, 4.69) is 0 Å². The summed E-state index contributed by atoms with van der Waals surface area (Å²) in [5.41, 5.74) is -0.789. The highest BCUT2D eigenvalue weighted by Gasteiger charge is 2.59. The minimum atomic E-state index is -2.41. The van der Waals surface area contributed by atoms with Crippen LogP contribution < -0.4 is 39.7 Å². The van der Waals surface area contributed by atoms with Crippen LogP contribution in [-0.4, -0.2) is 36.5 Å². The summed E-state index contributed by atoms with van der Waals surface area (Å²) in [6.07, 6.45) is -3.00. The van der Waals surface area contributed by atoms with Crippen LogP contribution >= 0.6 is 0 Å². The van der Waals surface area contributed by atoms with Gasteiger partial charge in [-0.1, -0.05) is 0 Å². The van der Waals surface area contributed by atoms with Crippen molar-refractivity contribution in [1.82, 2.24) is 0 Å². The Bertz CT molecular complexity index is 1950. The van der Waals surface area contributed by atoms with Crippen molar-refractivity contribution >= 4 is 21.9 Å². The van der Waals surface area contributed by atoms with Gasteiger partial charge in [0.2, 0.25) is 17.2 Å². The van der Waals surface area contributed by atoms with Crippen LogP contribution in [0.3, 0.4) is 0 Å². The van der Waals surface area contributed by atoms with E-state index in [1.165, 1.54) is 44.6 Å². The Morgan fingerprint density at radius 3 is 1.85 bits per heavy atom. The van der Waals surface area contributed by atoms with Crippen LogP contribution in [0.2, 0.25) is 0 Å². The first-order valence-corrected chi connectivity index (χ1v) is 12.3. The van der Waals surface area contributed by atoms with E-state index in [4.69, 9.17) is 37.3 Å². The summed E-state index contributed by atoms with van der Waals surface area (Å²) in [5.74, 6) is -2.33. The second kappa shape index (κ2) is 8.83. The van der Waals surface area contributed by atoms with Gasteiger partial charge in [-0.05, 0) is 48.5 Å². The number of benzene rings is 3. The minimum Gasteiger partial charge on any atom is -0.502 e. The molecule has 2 N–H and O–H groups in total. The predicted octanol–water partition coefficient (Wildman–Crippen LogP) is 3.62. The van der Waals surface area contributed by atoms with E-state index in [1.807, 2.05) is 0 Å². The van der Waals surface area contributed by atoms with Crippen molar-refractivity contribution in [2.24, 2.45) is 0 Å². The summed E-state index contributed by atoms with van der Waals surface area (Å²) in [6.45, 7) is 0. The SMILES string of the molecule is COc1cc(C2Oc3c(ccc4ccc(=O)oc34)OC2(O)C2Oc3ccc4ccc(=O)oc4c3O2)cc(OC)c1O. The normalized spacial score (nSPS) is 20.8. The van der Waals surface area contributed by atoms with Crippen molar-refractivity contribution < 1.29 is 47.5 Å². The van der Waals surface area contributed by atoms with Gasteiger partial charge in [-0.25, -0.2) is 9.59 Å². The zero-order valence-electron chi connectivity index (χ0n) is 21.4. The molecule has 41 heavy (non-hydrogen) atoms. The van der Waals surface area contributed by atoms with Crippen LogP contribution in [-0.2, 0) is 0 Å². The molecule has 0 bridgehead atoms. The lowest BCUT2D eigenvalue weighted by atomic mass is 9.97. The maximum atomic E-state index is 12.2. The monoisotopic (exact) mass is 560 g/mol. The van der Waals surface area contributed by atoms with E-state index in [0.717, 1.165) is 0 Å². The maximum Gasteiger partial charge on any atom is 0.336 e. The molecule has 2 aliphatic heterocycles. The molecule has 2 aliphatic rings. The molecule has 12 heteroatoms. The number of rotatable bonds is 4. The smallest absolute Gasteiger partial charge is 0.336 e. The van der Waals surface area contributed by atoms with Gasteiger partial charge in [0.1, 0.15) is 0 Å². The zero-order chi connectivity index (χ0) is 28.5. The van der Waals surface area contributed by atoms with Gasteiger partial charge in [-0.3, -0.25) is 0 Å². The van der Waals surface area contributed by atoms with E-state index in [1.54, 1.807) is 30.3 Å². The third-order valence-corrected chi connectivity index (χ3v) is 6.90. The van der Waals surface area contributed by atoms with Crippen LogP contribution in [0.15, 0.2) is 79.1 Å². The molecule has 0 saturated carbocycles. The average molecular weight is 560 g/mol.